The Morgan fingerprint density at radius 1 is 1.26 bits per heavy atom. The Labute approximate surface area is 135 Å². The molecule has 0 aliphatic carbocycles. The zero-order valence-corrected chi connectivity index (χ0v) is 13.6. The maximum absolute atomic E-state index is 9.50. The van der Waals surface area contributed by atoms with E-state index < -0.39 is 6.10 Å². The van der Waals surface area contributed by atoms with E-state index in [1.807, 2.05) is 37.5 Å². The maximum atomic E-state index is 9.50. The minimum atomic E-state index is -0.406. The van der Waals surface area contributed by atoms with E-state index in [9.17, 15) is 5.11 Å². The summed E-state index contributed by atoms with van der Waals surface area (Å²) in [6.07, 6.45) is 4.42. The number of aliphatic hydroxyl groups is 1. The van der Waals surface area contributed by atoms with Gasteiger partial charge in [0.15, 0.2) is 0 Å². The van der Waals surface area contributed by atoms with Gasteiger partial charge in [-0.05, 0) is 32.4 Å². The molecular formula is C17H23N5O. The lowest BCUT2D eigenvalue weighted by molar-refractivity contribution is 0.208. The minimum absolute atomic E-state index is 0.406. The third-order valence-corrected chi connectivity index (χ3v) is 3.91. The summed E-state index contributed by atoms with van der Waals surface area (Å²) >= 11 is 0. The second kappa shape index (κ2) is 6.83. The molecule has 0 saturated heterocycles. The lowest BCUT2D eigenvalue weighted by Crippen LogP contribution is -2.18. The van der Waals surface area contributed by atoms with Gasteiger partial charge in [-0.2, -0.15) is 0 Å². The highest BCUT2D eigenvalue weighted by Gasteiger charge is 2.10. The van der Waals surface area contributed by atoms with Gasteiger partial charge in [-0.3, -0.25) is 0 Å². The fourth-order valence-electron chi connectivity index (χ4n) is 2.72. The van der Waals surface area contributed by atoms with Crippen molar-refractivity contribution in [3.63, 3.8) is 0 Å². The Hall–Kier alpha value is -2.34. The van der Waals surface area contributed by atoms with E-state index in [1.165, 1.54) is 0 Å². The number of aliphatic hydroxyl groups excluding tert-OH is 1. The van der Waals surface area contributed by atoms with Crippen LogP contribution in [0.25, 0.3) is 11.0 Å². The van der Waals surface area contributed by atoms with E-state index >= 15 is 0 Å². The summed E-state index contributed by atoms with van der Waals surface area (Å²) in [5, 5.41) is 12.7. The quantitative estimate of drug-likeness (QED) is 0.703. The third-order valence-electron chi connectivity index (χ3n) is 3.91. The van der Waals surface area contributed by atoms with Crippen LogP contribution in [-0.2, 0) is 13.1 Å². The molecule has 3 aromatic rings. The van der Waals surface area contributed by atoms with Crippen molar-refractivity contribution >= 4 is 17.0 Å². The summed E-state index contributed by atoms with van der Waals surface area (Å²) < 4.78 is 4.34. The molecule has 0 aliphatic heterocycles. The molecule has 0 radical (unpaired) electrons. The third kappa shape index (κ3) is 3.53. The second-order valence-corrected chi connectivity index (χ2v) is 5.83. The molecular weight excluding hydrogens is 290 g/mol. The SMILES string of the molecule is Cc1nccn1CCCn1c(NCC(C)O)nc2ccccc21. The maximum Gasteiger partial charge on any atom is 0.203 e. The van der Waals surface area contributed by atoms with Crippen LogP contribution in [0.1, 0.15) is 19.2 Å². The monoisotopic (exact) mass is 313 g/mol. The molecule has 0 aliphatic rings. The number of hydrogen-bond acceptors (Lipinski definition) is 4. The Morgan fingerprint density at radius 3 is 2.83 bits per heavy atom. The van der Waals surface area contributed by atoms with Gasteiger partial charge in [0.05, 0.1) is 17.1 Å². The van der Waals surface area contributed by atoms with Crippen LogP contribution < -0.4 is 5.32 Å². The van der Waals surface area contributed by atoms with Gasteiger partial charge in [-0.1, -0.05) is 12.1 Å². The number of imidazole rings is 2. The molecule has 122 valence electrons. The van der Waals surface area contributed by atoms with Crippen molar-refractivity contribution in [1.82, 2.24) is 19.1 Å². The predicted octanol–water partition coefficient (Wildman–Crippen LogP) is 2.42. The van der Waals surface area contributed by atoms with E-state index in [2.05, 4.69) is 30.5 Å². The van der Waals surface area contributed by atoms with E-state index in [-0.39, 0.29) is 0 Å². The minimum Gasteiger partial charge on any atom is -0.392 e. The fraction of sp³-hybridized carbons (Fsp3) is 0.412. The number of benzene rings is 1. The van der Waals surface area contributed by atoms with Crippen molar-refractivity contribution in [2.45, 2.75) is 39.5 Å². The Balaban J connectivity index is 1.77. The van der Waals surface area contributed by atoms with Crippen LogP contribution >= 0.6 is 0 Å². The largest absolute Gasteiger partial charge is 0.392 e. The summed E-state index contributed by atoms with van der Waals surface area (Å²) in [5.74, 6) is 1.85. The number of aromatic nitrogens is 4. The molecule has 6 nitrogen and oxygen atoms in total. The number of hydrogen-bond donors (Lipinski definition) is 2. The number of aryl methyl sites for hydroxylation is 3. The number of fused-ring (bicyclic) bond motifs is 1. The van der Waals surface area contributed by atoms with Crippen molar-refractivity contribution in [2.24, 2.45) is 0 Å². The molecule has 0 fully saturated rings. The summed E-state index contributed by atoms with van der Waals surface area (Å²) in [5.41, 5.74) is 2.09. The van der Waals surface area contributed by atoms with Gasteiger partial charge in [-0.25, -0.2) is 9.97 Å². The Bertz CT molecular complexity index is 774. The van der Waals surface area contributed by atoms with Crippen molar-refractivity contribution in [3.8, 4) is 0 Å². The molecule has 1 atom stereocenters. The van der Waals surface area contributed by atoms with Crippen molar-refractivity contribution in [2.75, 3.05) is 11.9 Å². The molecule has 2 N–H and O–H groups in total. The number of anilines is 1. The van der Waals surface area contributed by atoms with Crippen LogP contribution in [-0.4, -0.2) is 36.9 Å². The average Bonchev–Trinajstić information content (AvgIpc) is 3.09. The number of nitrogens with zero attached hydrogens (tertiary/aromatic N) is 4. The standard InChI is InChI=1S/C17H23N5O/c1-13(23)12-19-17-20-15-6-3-4-7-16(15)22(17)10-5-9-21-11-8-18-14(21)2/h3-4,6-8,11,13,23H,5,9-10,12H2,1-2H3,(H,19,20). The smallest absolute Gasteiger partial charge is 0.203 e. The molecule has 2 aromatic heterocycles. The number of rotatable bonds is 7. The summed E-state index contributed by atoms with van der Waals surface area (Å²) in [7, 11) is 0. The normalized spacial score (nSPS) is 12.7. The van der Waals surface area contributed by atoms with Crippen molar-refractivity contribution in [1.29, 1.82) is 0 Å². The highest BCUT2D eigenvalue weighted by Crippen LogP contribution is 2.20. The van der Waals surface area contributed by atoms with Crippen LogP contribution in [0.3, 0.4) is 0 Å². The summed E-state index contributed by atoms with van der Waals surface area (Å²) in [6, 6.07) is 8.11. The van der Waals surface area contributed by atoms with Crippen LogP contribution in [0, 0.1) is 6.92 Å². The molecule has 0 saturated carbocycles. The van der Waals surface area contributed by atoms with E-state index in [4.69, 9.17) is 0 Å². The van der Waals surface area contributed by atoms with Gasteiger partial charge < -0.3 is 19.6 Å². The Kier molecular flexibility index (Phi) is 4.62. The lowest BCUT2D eigenvalue weighted by atomic mass is 10.3. The van der Waals surface area contributed by atoms with Crippen molar-refractivity contribution < 1.29 is 5.11 Å². The van der Waals surface area contributed by atoms with Crippen LogP contribution in [0.4, 0.5) is 5.95 Å². The molecule has 1 aromatic carbocycles. The lowest BCUT2D eigenvalue weighted by Gasteiger charge is -2.12. The van der Waals surface area contributed by atoms with Gasteiger partial charge in [-0.15, -0.1) is 0 Å². The van der Waals surface area contributed by atoms with Gasteiger partial charge >= 0.3 is 0 Å². The van der Waals surface area contributed by atoms with Crippen LogP contribution in [0.2, 0.25) is 0 Å². The fourth-order valence-corrected chi connectivity index (χ4v) is 2.72. The molecule has 2 heterocycles. The zero-order chi connectivity index (χ0) is 16.2. The summed E-state index contributed by atoms with van der Waals surface area (Å²) in [6.45, 7) is 6.06. The van der Waals surface area contributed by atoms with Gasteiger partial charge in [0.1, 0.15) is 5.82 Å². The first-order valence-electron chi connectivity index (χ1n) is 8.00. The second-order valence-electron chi connectivity index (χ2n) is 5.83. The molecule has 23 heavy (non-hydrogen) atoms. The molecule has 3 rings (SSSR count). The molecule has 1 unspecified atom stereocenters. The highest BCUT2D eigenvalue weighted by atomic mass is 16.3. The summed E-state index contributed by atoms with van der Waals surface area (Å²) in [4.78, 5) is 8.89. The number of para-hydroxylation sites is 2. The number of nitrogens with one attached hydrogen (secondary N) is 1. The molecule has 0 bridgehead atoms. The average molecular weight is 313 g/mol. The molecule has 6 heteroatoms. The van der Waals surface area contributed by atoms with Crippen LogP contribution in [0.15, 0.2) is 36.7 Å². The first-order valence-corrected chi connectivity index (χ1v) is 8.00. The zero-order valence-electron chi connectivity index (χ0n) is 13.6. The topological polar surface area (TPSA) is 67.9 Å². The van der Waals surface area contributed by atoms with E-state index in [0.29, 0.717) is 6.54 Å². The Morgan fingerprint density at radius 2 is 2.09 bits per heavy atom. The van der Waals surface area contributed by atoms with Crippen LogP contribution in [0.5, 0.6) is 0 Å². The predicted molar refractivity (Wildman–Crippen MR) is 91.5 cm³/mol. The first-order chi connectivity index (χ1) is 11.1. The molecule has 0 amide bonds. The van der Waals surface area contributed by atoms with Crippen molar-refractivity contribution in [3.05, 3.63) is 42.5 Å². The molecule has 0 spiro atoms. The first kappa shape index (κ1) is 15.6. The highest BCUT2D eigenvalue weighted by molar-refractivity contribution is 5.78. The van der Waals surface area contributed by atoms with Gasteiger partial charge in [0.25, 0.3) is 0 Å². The van der Waals surface area contributed by atoms with E-state index in [1.54, 1.807) is 6.92 Å². The van der Waals surface area contributed by atoms with E-state index in [0.717, 1.165) is 42.3 Å². The van der Waals surface area contributed by atoms with Gasteiger partial charge in [0, 0.05) is 32.0 Å². The van der Waals surface area contributed by atoms with Gasteiger partial charge in [0.2, 0.25) is 5.95 Å².